The molecule has 0 spiro atoms. The van der Waals surface area contributed by atoms with E-state index in [1.165, 1.54) is 0 Å². The first kappa shape index (κ1) is 23.1. The second-order valence-electron chi connectivity index (χ2n) is 7.71. The Morgan fingerprint density at radius 2 is 1.73 bits per heavy atom. The number of ether oxygens (including phenoxy) is 3. The molecule has 1 aliphatic heterocycles. The molecule has 8 heteroatoms. The van der Waals surface area contributed by atoms with E-state index >= 15 is 0 Å². The molecule has 1 fully saturated rings. The average Bonchev–Trinajstić information content (AvgIpc) is 3.32. The molecule has 1 amide bonds. The zero-order valence-corrected chi connectivity index (χ0v) is 19.8. The van der Waals surface area contributed by atoms with Crippen molar-refractivity contribution in [1.29, 1.82) is 0 Å². The number of carbonyl (C=O) groups is 1. The Hall–Kier alpha value is -3.10. The van der Waals surface area contributed by atoms with Gasteiger partial charge in [-0.3, -0.25) is 9.69 Å². The van der Waals surface area contributed by atoms with Gasteiger partial charge >= 0.3 is 0 Å². The highest BCUT2D eigenvalue weighted by molar-refractivity contribution is 7.09. The Bertz CT molecular complexity index is 1050. The zero-order valence-electron chi connectivity index (χ0n) is 19.0. The fraction of sp³-hybridized carbons (Fsp3) is 0.360. The predicted molar refractivity (Wildman–Crippen MR) is 129 cm³/mol. The summed E-state index contributed by atoms with van der Waals surface area (Å²) in [6.45, 7) is 6.44. The highest BCUT2D eigenvalue weighted by atomic mass is 32.1. The van der Waals surface area contributed by atoms with E-state index in [0.29, 0.717) is 25.4 Å². The van der Waals surface area contributed by atoms with Crippen molar-refractivity contribution < 1.29 is 19.0 Å². The molecule has 7 nitrogen and oxygen atoms in total. The maximum atomic E-state index is 12.6. The van der Waals surface area contributed by atoms with Gasteiger partial charge in [-0.05, 0) is 43.3 Å². The van der Waals surface area contributed by atoms with E-state index in [2.05, 4.69) is 10.3 Å². The van der Waals surface area contributed by atoms with Gasteiger partial charge in [0.05, 0.1) is 26.0 Å². The number of carbonyl (C=O) groups excluding carboxylic acids is 1. The lowest BCUT2D eigenvalue weighted by Crippen LogP contribution is -2.49. The molecule has 2 aromatic carbocycles. The van der Waals surface area contributed by atoms with Gasteiger partial charge in [-0.1, -0.05) is 12.1 Å². The van der Waals surface area contributed by atoms with E-state index in [-0.39, 0.29) is 12.5 Å². The van der Waals surface area contributed by atoms with Crippen LogP contribution in [-0.4, -0.2) is 67.2 Å². The maximum absolute atomic E-state index is 12.6. The van der Waals surface area contributed by atoms with Crippen molar-refractivity contribution in [2.45, 2.75) is 13.5 Å². The topological polar surface area (TPSA) is 64.1 Å². The third-order valence-electron chi connectivity index (χ3n) is 5.50. The Morgan fingerprint density at radius 1 is 1.00 bits per heavy atom. The number of amides is 1. The van der Waals surface area contributed by atoms with Gasteiger partial charge < -0.3 is 19.1 Å². The van der Waals surface area contributed by atoms with E-state index in [4.69, 9.17) is 19.2 Å². The highest BCUT2D eigenvalue weighted by Gasteiger charge is 2.22. The average molecular weight is 468 g/mol. The van der Waals surface area contributed by atoms with Crippen LogP contribution in [0.2, 0.25) is 0 Å². The van der Waals surface area contributed by atoms with E-state index in [9.17, 15) is 4.79 Å². The fourth-order valence-corrected chi connectivity index (χ4v) is 4.52. The lowest BCUT2D eigenvalue weighted by atomic mass is 10.2. The quantitative estimate of drug-likeness (QED) is 0.475. The summed E-state index contributed by atoms with van der Waals surface area (Å²) in [5.74, 6) is 2.30. The van der Waals surface area contributed by atoms with Gasteiger partial charge in [0, 0.05) is 37.1 Å². The number of piperazine rings is 1. The van der Waals surface area contributed by atoms with Crippen LogP contribution in [0, 0.1) is 0 Å². The fourth-order valence-electron chi connectivity index (χ4n) is 3.68. The van der Waals surface area contributed by atoms with Gasteiger partial charge in [-0.2, -0.15) is 0 Å². The molecule has 4 rings (SSSR count). The first-order valence-corrected chi connectivity index (χ1v) is 12.0. The van der Waals surface area contributed by atoms with Crippen molar-refractivity contribution in [3.8, 4) is 28.5 Å². The van der Waals surface area contributed by atoms with Crippen LogP contribution in [0.4, 0.5) is 0 Å². The molecule has 174 valence electrons. The number of thiazole rings is 1. The largest absolute Gasteiger partial charge is 0.497 e. The van der Waals surface area contributed by atoms with Crippen LogP contribution in [0.1, 0.15) is 11.9 Å². The molecular weight excluding hydrogens is 438 g/mol. The second kappa shape index (κ2) is 11.2. The summed E-state index contributed by atoms with van der Waals surface area (Å²) in [7, 11) is 1.67. The molecule has 1 aromatic heterocycles. The maximum Gasteiger partial charge on any atom is 0.260 e. The minimum Gasteiger partial charge on any atom is -0.497 e. The number of methoxy groups -OCH3 is 1. The molecule has 0 aliphatic carbocycles. The second-order valence-corrected chi connectivity index (χ2v) is 8.65. The van der Waals surface area contributed by atoms with Crippen LogP contribution in [0.15, 0.2) is 53.9 Å². The molecule has 1 saturated heterocycles. The number of hydrogen-bond acceptors (Lipinski definition) is 7. The summed E-state index contributed by atoms with van der Waals surface area (Å²) in [4.78, 5) is 21.6. The van der Waals surface area contributed by atoms with Crippen molar-refractivity contribution in [3.05, 3.63) is 58.9 Å². The van der Waals surface area contributed by atoms with Crippen molar-refractivity contribution in [1.82, 2.24) is 14.8 Å². The van der Waals surface area contributed by atoms with Crippen LogP contribution in [0.5, 0.6) is 17.2 Å². The Kier molecular flexibility index (Phi) is 7.80. The molecule has 1 aliphatic rings. The monoisotopic (exact) mass is 467 g/mol. The summed E-state index contributed by atoms with van der Waals surface area (Å²) < 4.78 is 16.4. The van der Waals surface area contributed by atoms with Crippen molar-refractivity contribution >= 4 is 17.2 Å². The smallest absolute Gasteiger partial charge is 0.260 e. The van der Waals surface area contributed by atoms with Crippen LogP contribution in [-0.2, 0) is 11.3 Å². The van der Waals surface area contributed by atoms with Crippen LogP contribution < -0.4 is 14.2 Å². The number of rotatable bonds is 9. The normalized spacial score (nSPS) is 14.2. The third kappa shape index (κ3) is 6.24. The Balaban J connectivity index is 1.22. The van der Waals surface area contributed by atoms with E-state index in [0.717, 1.165) is 47.4 Å². The Labute approximate surface area is 198 Å². The van der Waals surface area contributed by atoms with Crippen molar-refractivity contribution in [3.63, 3.8) is 0 Å². The molecular formula is C25H29N3O4S. The highest BCUT2D eigenvalue weighted by Crippen LogP contribution is 2.26. The van der Waals surface area contributed by atoms with E-state index in [1.54, 1.807) is 18.4 Å². The molecule has 0 radical (unpaired) electrons. The molecule has 0 bridgehead atoms. The van der Waals surface area contributed by atoms with Crippen LogP contribution in [0.3, 0.4) is 0 Å². The Morgan fingerprint density at radius 3 is 2.42 bits per heavy atom. The summed E-state index contributed by atoms with van der Waals surface area (Å²) in [6.07, 6.45) is 0. The van der Waals surface area contributed by atoms with Crippen LogP contribution >= 0.6 is 11.3 Å². The first-order chi connectivity index (χ1) is 16.1. The number of hydrogen-bond donors (Lipinski definition) is 0. The minimum atomic E-state index is 0.0121. The summed E-state index contributed by atoms with van der Waals surface area (Å²) >= 11 is 1.67. The third-order valence-corrected chi connectivity index (χ3v) is 6.33. The van der Waals surface area contributed by atoms with Gasteiger partial charge in [0.15, 0.2) is 6.61 Å². The number of nitrogens with zero attached hydrogens (tertiary/aromatic N) is 3. The van der Waals surface area contributed by atoms with E-state index < -0.39 is 0 Å². The molecule has 0 unspecified atom stereocenters. The standard InChI is InChI=1S/C25H29N3O4S/c1-3-31-20-7-9-21(10-8-20)32-17-25(29)28-13-11-27(12-14-28)16-24-26-23(18-33-24)19-5-4-6-22(15-19)30-2/h4-10,15,18H,3,11-14,16-17H2,1-2H3. The molecule has 33 heavy (non-hydrogen) atoms. The van der Waals surface area contributed by atoms with Crippen molar-refractivity contribution in [2.24, 2.45) is 0 Å². The lowest BCUT2D eigenvalue weighted by Gasteiger charge is -2.34. The number of benzene rings is 2. The van der Waals surface area contributed by atoms with Gasteiger partial charge in [0.2, 0.25) is 0 Å². The summed E-state index contributed by atoms with van der Waals surface area (Å²) in [5, 5.41) is 3.16. The zero-order chi connectivity index (χ0) is 23.0. The molecule has 2 heterocycles. The molecule has 3 aromatic rings. The van der Waals surface area contributed by atoms with Crippen molar-refractivity contribution in [2.75, 3.05) is 46.5 Å². The SMILES string of the molecule is CCOc1ccc(OCC(=O)N2CCN(Cc3nc(-c4cccc(OC)c4)cs3)CC2)cc1. The first-order valence-electron chi connectivity index (χ1n) is 11.1. The minimum absolute atomic E-state index is 0.0121. The predicted octanol–water partition coefficient (Wildman–Crippen LogP) is 3.94. The molecule has 0 saturated carbocycles. The van der Waals surface area contributed by atoms with Gasteiger partial charge in [0.1, 0.15) is 22.3 Å². The van der Waals surface area contributed by atoms with Gasteiger partial charge in [-0.25, -0.2) is 4.98 Å². The van der Waals surface area contributed by atoms with Gasteiger partial charge in [0.25, 0.3) is 5.91 Å². The molecule has 0 N–H and O–H groups in total. The summed E-state index contributed by atoms with van der Waals surface area (Å²) in [6, 6.07) is 15.3. The van der Waals surface area contributed by atoms with Gasteiger partial charge in [-0.15, -0.1) is 11.3 Å². The lowest BCUT2D eigenvalue weighted by molar-refractivity contribution is -0.135. The van der Waals surface area contributed by atoms with E-state index in [1.807, 2.05) is 60.4 Å². The number of aromatic nitrogens is 1. The summed E-state index contributed by atoms with van der Waals surface area (Å²) in [5.41, 5.74) is 2.02. The molecule has 0 atom stereocenters. The van der Waals surface area contributed by atoms with Crippen LogP contribution in [0.25, 0.3) is 11.3 Å².